The molecule has 35 heavy (non-hydrogen) atoms. The Morgan fingerprint density at radius 1 is 1.06 bits per heavy atom. The average molecular weight is 468 g/mol. The second kappa shape index (κ2) is 10.1. The largest absolute Gasteiger partial charge is 0.352 e. The summed E-state index contributed by atoms with van der Waals surface area (Å²) in [6, 6.07) is 19.8. The van der Waals surface area contributed by atoms with E-state index in [1.54, 1.807) is 17.0 Å². The molecule has 1 fully saturated rings. The Morgan fingerprint density at radius 3 is 2.69 bits per heavy atom. The zero-order valence-corrected chi connectivity index (χ0v) is 19.9. The number of anilines is 1. The quantitative estimate of drug-likeness (QED) is 0.468. The van der Waals surface area contributed by atoms with E-state index in [0.29, 0.717) is 32.0 Å². The lowest BCUT2D eigenvalue weighted by Gasteiger charge is -2.32. The first-order chi connectivity index (χ1) is 17.1. The number of hydrogen-bond acceptors (Lipinski definition) is 5. The molecule has 1 N–H and O–H groups in total. The second-order valence-corrected chi connectivity index (χ2v) is 9.17. The number of carbonyl (C=O) groups is 1. The van der Waals surface area contributed by atoms with Crippen molar-refractivity contribution in [1.82, 2.24) is 19.9 Å². The average Bonchev–Trinajstić information content (AvgIpc) is 2.90. The third-order valence-electron chi connectivity index (χ3n) is 6.58. The maximum absolute atomic E-state index is 13.7. The van der Waals surface area contributed by atoms with Crippen molar-refractivity contribution < 1.29 is 4.79 Å². The summed E-state index contributed by atoms with van der Waals surface area (Å²) in [5.41, 5.74) is 4.67. The molecular weight excluding hydrogens is 438 g/mol. The predicted molar refractivity (Wildman–Crippen MR) is 137 cm³/mol. The highest BCUT2D eigenvalue weighted by Gasteiger charge is 2.28. The number of nitrogens with one attached hydrogen (secondary N) is 1. The number of amides is 1. The van der Waals surface area contributed by atoms with Gasteiger partial charge in [-0.1, -0.05) is 48.0 Å². The van der Waals surface area contributed by atoms with Crippen molar-refractivity contribution in [2.75, 3.05) is 18.0 Å². The molecule has 0 spiro atoms. The van der Waals surface area contributed by atoms with Gasteiger partial charge in [0.1, 0.15) is 0 Å². The van der Waals surface area contributed by atoms with E-state index < -0.39 is 0 Å². The molecular formula is C28H29N5O2. The maximum atomic E-state index is 13.7. The molecule has 7 heteroatoms. The third kappa shape index (κ3) is 5.09. The Morgan fingerprint density at radius 2 is 1.89 bits per heavy atom. The van der Waals surface area contributed by atoms with Crippen LogP contribution in [0.5, 0.6) is 0 Å². The number of pyridine rings is 1. The number of para-hydroxylation sites is 2. The minimum Gasteiger partial charge on any atom is -0.352 e. The van der Waals surface area contributed by atoms with Gasteiger partial charge in [-0.25, -0.2) is 4.98 Å². The van der Waals surface area contributed by atoms with Crippen molar-refractivity contribution in [2.24, 2.45) is 5.92 Å². The molecule has 0 radical (unpaired) electrons. The highest BCUT2D eigenvalue weighted by molar-refractivity contribution is 5.80. The van der Waals surface area contributed by atoms with Crippen molar-refractivity contribution >= 4 is 22.8 Å². The molecule has 0 bridgehead atoms. The van der Waals surface area contributed by atoms with Gasteiger partial charge in [0.05, 0.1) is 23.5 Å². The topological polar surface area (TPSA) is 80.1 Å². The number of nitrogens with zero attached hydrogens (tertiary/aromatic N) is 4. The molecule has 1 amide bonds. The third-order valence-corrected chi connectivity index (χ3v) is 6.58. The minimum absolute atomic E-state index is 0.000627. The minimum atomic E-state index is -0.196. The van der Waals surface area contributed by atoms with Crippen LogP contribution in [0.15, 0.2) is 77.9 Å². The van der Waals surface area contributed by atoms with E-state index in [1.807, 2.05) is 41.3 Å². The summed E-state index contributed by atoms with van der Waals surface area (Å²) >= 11 is 0. The zero-order chi connectivity index (χ0) is 24.2. The van der Waals surface area contributed by atoms with Gasteiger partial charge in [-0.2, -0.15) is 0 Å². The van der Waals surface area contributed by atoms with Crippen LogP contribution in [-0.2, 0) is 17.9 Å². The SMILES string of the molecule is Cc1ccc(Cn2c(=O)c(N3CCCC(C(=O)NCc4cccnc4)C3)nc3ccccc32)cc1. The van der Waals surface area contributed by atoms with Crippen molar-refractivity contribution in [2.45, 2.75) is 32.9 Å². The van der Waals surface area contributed by atoms with Crippen molar-refractivity contribution in [3.05, 3.63) is 100 Å². The summed E-state index contributed by atoms with van der Waals surface area (Å²) in [5.74, 6) is 0.221. The summed E-state index contributed by atoms with van der Waals surface area (Å²) < 4.78 is 1.80. The first-order valence-corrected chi connectivity index (χ1v) is 12.0. The number of hydrogen-bond donors (Lipinski definition) is 1. The Bertz CT molecular complexity index is 1380. The van der Waals surface area contributed by atoms with Gasteiger partial charge in [-0.15, -0.1) is 0 Å². The fourth-order valence-corrected chi connectivity index (χ4v) is 4.64. The number of piperidine rings is 1. The van der Waals surface area contributed by atoms with E-state index in [1.165, 1.54) is 5.56 Å². The monoisotopic (exact) mass is 467 g/mol. The fourth-order valence-electron chi connectivity index (χ4n) is 4.64. The standard InChI is InChI=1S/C28H29N5O2/c1-20-10-12-21(13-11-20)18-33-25-9-3-2-8-24(25)31-26(28(33)35)32-15-5-7-23(19-32)27(34)30-17-22-6-4-14-29-16-22/h2-4,6,8-14,16,23H,5,7,15,17-19H2,1H3,(H,30,34). The number of fused-ring (bicyclic) bond motifs is 1. The molecule has 3 heterocycles. The van der Waals surface area contributed by atoms with Gasteiger partial charge in [-0.3, -0.25) is 19.1 Å². The summed E-state index contributed by atoms with van der Waals surface area (Å²) in [7, 11) is 0. The molecule has 1 atom stereocenters. The molecule has 7 nitrogen and oxygen atoms in total. The van der Waals surface area contributed by atoms with Crippen LogP contribution < -0.4 is 15.8 Å². The molecule has 1 aliphatic heterocycles. The molecule has 178 valence electrons. The van der Waals surface area contributed by atoms with Crippen molar-refractivity contribution in [3.8, 4) is 0 Å². The Hall–Kier alpha value is -4.00. The Labute approximate surface area is 204 Å². The summed E-state index contributed by atoms with van der Waals surface area (Å²) in [4.78, 5) is 37.4. The van der Waals surface area contributed by atoms with E-state index in [-0.39, 0.29) is 17.4 Å². The van der Waals surface area contributed by atoms with Gasteiger partial charge in [0.2, 0.25) is 5.91 Å². The highest BCUT2D eigenvalue weighted by Crippen LogP contribution is 2.22. The van der Waals surface area contributed by atoms with Crippen LogP contribution >= 0.6 is 0 Å². The smallest absolute Gasteiger partial charge is 0.294 e. The number of aromatic nitrogens is 3. The predicted octanol–water partition coefficient (Wildman–Crippen LogP) is 3.68. The van der Waals surface area contributed by atoms with Crippen LogP contribution in [-0.4, -0.2) is 33.5 Å². The molecule has 1 unspecified atom stereocenters. The molecule has 4 aromatic rings. The maximum Gasteiger partial charge on any atom is 0.294 e. The number of benzene rings is 2. The molecule has 1 aliphatic rings. The zero-order valence-electron chi connectivity index (χ0n) is 19.9. The lowest BCUT2D eigenvalue weighted by molar-refractivity contribution is -0.125. The first kappa shape index (κ1) is 22.8. The van der Waals surface area contributed by atoms with Crippen LogP contribution in [0.2, 0.25) is 0 Å². The molecule has 5 rings (SSSR count). The molecule has 0 saturated carbocycles. The van der Waals surface area contributed by atoms with Crippen LogP contribution in [0, 0.1) is 12.8 Å². The van der Waals surface area contributed by atoms with Crippen LogP contribution in [0.25, 0.3) is 11.0 Å². The molecule has 0 aliphatic carbocycles. The van der Waals surface area contributed by atoms with Gasteiger partial charge in [0.15, 0.2) is 5.82 Å². The van der Waals surface area contributed by atoms with Gasteiger partial charge >= 0.3 is 0 Å². The molecule has 2 aromatic heterocycles. The van der Waals surface area contributed by atoms with E-state index in [0.717, 1.165) is 35.0 Å². The fraction of sp³-hybridized carbons (Fsp3) is 0.286. The van der Waals surface area contributed by atoms with Gasteiger partial charge in [-0.05, 0) is 49.1 Å². The highest BCUT2D eigenvalue weighted by atomic mass is 16.2. The number of aryl methyl sites for hydroxylation is 1. The van der Waals surface area contributed by atoms with E-state index in [4.69, 9.17) is 4.98 Å². The summed E-state index contributed by atoms with van der Waals surface area (Å²) in [6.07, 6.45) is 5.09. The molecule has 1 saturated heterocycles. The van der Waals surface area contributed by atoms with E-state index in [2.05, 4.69) is 41.5 Å². The second-order valence-electron chi connectivity index (χ2n) is 9.17. The Kier molecular flexibility index (Phi) is 6.57. The first-order valence-electron chi connectivity index (χ1n) is 12.0. The van der Waals surface area contributed by atoms with Gasteiger partial charge < -0.3 is 10.2 Å². The number of rotatable bonds is 6. The summed E-state index contributed by atoms with van der Waals surface area (Å²) in [6.45, 7) is 4.15. The Balaban J connectivity index is 1.40. The van der Waals surface area contributed by atoms with Crippen LogP contribution in [0.3, 0.4) is 0 Å². The van der Waals surface area contributed by atoms with E-state index in [9.17, 15) is 9.59 Å². The van der Waals surface area contributed by atoms with E-state index >= 15 is 0 Å². The van der Waals surface area contributed by atoms with Gasteiger partial charge in [0.25, 0.3) is 5.56 Å². The lowest BCUT2D eigenvalue weighted by atomic mass is 9.97. The van der Waals surface area contributed by atoms with Gasteiger partial charge in [0, 0.05) is 32.0 Å². The lowest BCUT2D eigenvalue weighted by Crippen LogP contribution is -2.45. The summed E-state index contributed by atoms with van der Waals surface area (Å²) in [5, 5.41) is 3.02. The van der Waals surface area contributed by atoms with Crippen LogP contribution in [0.4, 0.5) is 5.82 Å². The van der Waals surface area contributed by atoms with Crippen LogP contribution in [0.1, 0.15) is 29.5 Å². The van der Waals surface area contributed by atoms with Crippen molar-refractivity contribution in [1.29, 1.82) is 0 Å². The molecule has 2 aromatic carbocycles. The normalized spacial score (nSPS) is 15.8. The van der Waals surface area contributed by atoms with Crippen molar-refractivity contribution in [3.63, 3.8) is 0 Å². The number of carbonyl (C=O) groups excluding carboxylic acids is 1.